The molecule has 152 valence electrons. The minimum absolute atomic E-state index is 0. The van der Waals surface area contributed by atoms with Crippen molar-refractivity contribution in [1.82, 2.24) is 15.2 Å². The first-order chi connectivity index (χ1) is 13.0. The van der Waals surface area contributed by atoms with E-state index >= 15 is 0 Å². The molecule has 0 spiro atoms. The number of aliphatic imine (C=N–C) groups is 1. The Kier molecular flexibility index (Phi) is 8.47. The standard InChI is InChI=1S/C21H28FN5.HI/c1-23-21(24-14-19-5-4-6-20(25-19)26(2)3)27-12-11-17(15-27)13-16-7-9-18(22)10-8-16;/h4-10,17H,11-15H2,1-3H3,(H,23,24);1H. The number of guanidine groups is 1. The van der Waals surface area contributed by atoms with Gasteiger partial charge in [-0.05, 0) is 48.6 Å². The quantitative estimate of drug-likeness (QED) is 0.390. The van der Waals surface area contributed by atoms with Crippen molar-refractivity contribution >= 4 is 35.8 Å². The van der Waals surface area contributed by atoms with E-state index in [2.05, 4.69) is 20.2 Å². The summed E-state index contributed by atoms with van der Waals surface area (Å²) in [6.45, 7) is 2.59. The molecular weight excluding hydrogens is 468 g/mol. The molecule has 0 saturated carbocycles. The van der Waals surface area contributed by atoms with E-state index in [0.29, 0.717) is 12.5 Å². The van der Waals surface area contributed by atoms with Gasteiger partial charge in [-0.3, -0.25) is 4.99 Å². The largest absolute Gasteiger partial charge is 0.363 e. The van der Waals surface area contributed by atoms with Crippen LogP contribution in [0.3, 0.4) is 0 Å². The van der Waals surface area contributed by atoms with Gasteiger partial charge in [-0.15, -0.1) is 24.0 Å². The van der Waals surface area contributed by atoms with Crippen LogP contribution in [0.15, 0.2) is 47.5 Å². The number of pyridine rings is 1. The summed E-state index contributed by atoms with van der Waals surface area (Å²) in [4.78, 5) is 13.4. The molecule has 7 heteroatoms. The van der Waals surface area contributed by atoms with Crippen LogP contribution in [0, 0.1) is 11.7 Å². The number of hydrogen-bond donors (Lipinski definition) is 1. The van der Waals surface area contributed by atoms with Gasteiger partial charge in [0.15, 0.2) is 5.96 Å². The van der Waals surface area contributed by atoms with Crippen molar-refractivity contribution in [1.29, 1.82) is 0 Å². The maximum Gasteiger partial charge on any atom is 0.193 e. The topological polar surface area (TPSA) is 43.8 Å². The number of likely N-dealkylation sites (tertiary alicyclic amines) is 1. The lowest BCUT2D eigenvalue weighted by Crippen LogP contribution is -2.39. The van der Waals surface area contributed by atoms with Gasteiger partial charge < -0.3 is 15.1 Å². The van der Waals surface area contributed by atoms with E-state index < -0.39 is 0 Å². The Morgan fingerprint density at radius 2 is 2.00 bits per heavy atom. The Morgan fingerprint density at radius 3 is 2.68 bits per heavy atom. The molecule has 1 N–H and O–H groups in total. The van der Waals surface area contributed by atoms with E-state index in [1.54, 1.807) is 0 Å². The molecule has 1 aliphatic heterocycles. The van der Waals surface area contributed by atoms with Gasteiger partial charge in [0.2, 0.25) is 0 Å². The molecule has 1 aromatic heterocycles. The van der Waals surface area contributed by atoms with Crippen LogP contribution in [0.5, 0.6) is 0 Å². The zero-order valence-electron chi connectivity index (χ0n) is 16.7. The fraction of sp³-hybridized carbons (Fsp3) is 0.429. The van der Waals surface area contributed by atoms with Gasteiger partial charge in [-0.2, -0.15) is 0 Å². The first kappa shape index (κ1) is 22.4. The average Bonchev–Trinajstić information content (AvgIpc) is 3.13. The summed E-state index contributed by atoms with van der Waals surface area (Å²) < 4.78 is 13.1. The summed E-state index contributed by atoms with van der Waals surface area (Å²) in [7, 11) is 5.80. The molecule has 0 radical (unpaired) electrons. The normalized spacial score (nSPS) is 16.6. The lowest BCUT2D eigenvalue weighted by Gasteiger charge is -2.22. The van der Waals surface area contributed by atoms with Crippen molar-refractivity contribution in [3.05, 3.63) is 59.5 Å². The molecular formula is C21H29FIN5. The Labute approximate surface area is 184 Å². The van der Waals surface area contributed by atoms with Gasteiger partial charge >= 0.3 is 0 Å². The van der Waals surface area contributed by atoms with Crippen molar-refractivity contribution in [3.8, 4) is 0 Å². The number of aromatic nitrogens is 1. The molecule has 0 aliphatic carbocycles. The van der Waals surface area contributed by atoms with E-state index in [9.17, 15) is 4.39 Å². The maximum absolute atomic E-state index is 13.1. The highest BCUT2D eigenvalue weighted by Gasteiger charge is 2.25. The molecule has 0 amide bonds. The molecule has 0 bridgehead atoms. The Hall–Kier alpha value is -1.90. The van der Waals surface area contributed by atoms with Crippen molar-refractivity contribution in [3.63, 3.8) is 0 Å². The van der Waals surface area contributed by atoms with Crippen LogP contribution in [-0.4, -0.2) is 50.1 Å². The summed E-state index contributed by atoms with van der Waals surface area (Å²) in [6, 6.07) is 12.9. The fourth-order valence-electron chi connectivity index (χ4n) is 3.46. The SMILES string of the molecule is CN=C(NCc1cccc(N(C)C)n1)N1CCC(Cc2ccc(F)cc2)C1.I. The lowest BCUT2D eigenvalue weighted by molar-refractivity contribution is 0.459. The highest BCUT2D eigenvalue weighted by Crippen LogP contribution is 2.21. The molecule has 1 aromatic carbocycles. The van der Waals surface area contributed by atoms with Gasteiger partial charge in [-0.25, -0.2) is 9.37 Å². The number of nitrogens with one attached hydrogen (secondary N) is 1. The van der Waals surface area contributed by atoms with Crippen LogP contribution < -0.4 is 10.2 Å². The van der Waals surface area contributed by atoms with Crippen LogP contribution in [0.25, 0.3) is 0 Å². The maximum atomic E-state index is 13.1. The molecule has 28 heavy (non-hydrogen) atoms. The van der Waals surface area contributed by atoms with Crippen LogP contribution in [0.2, 0.25) is 0 Å². The van der Waals surface area contributed by atoms with Gasteiger partial charge in [0.25, 0.3) is 0 Å². The molecule has 1 aliphatic rings. The summed E-state index contributed by atoms with van der Waals surface area (Å²) in [5.41, 5.74) is 2.18. The first-order valence-electron chi connectivity index (χ1n) is 9.38. The van der Waals surface area contributed by atoms with E-state index in [4.69, 9.17) is 0 Å². The molecule has 3 rings (SSSR count). The zero-order chi connectivity index (χ0) is 19.2. The van der Waals surface area contributed by atoms with Crippen molar-refractivity contribution < 1.29 is 4.39 Å². The number of nitrogens with zero attached hydrogens (tertiary/aromatic N) is 4. The summed E-state index contributed by atoms with van der Waals surface area (Å²) >= 11 is 0. The third kappa shape index (κ3) is 6.05. The monoisotopic (exact) mass is 497 g/mol. The van der Waals surface area contributed by atoms with Crippen LogP contribution in [-0.2, 0) is 13.0 Å². The zero-order valence-corrected chi connectivity index (χ0v) is 19.1. The van der Waals surface area contributed by atoms with Crippen LogP contribution in [0.4, 0.5) is 10.2 Å². The molecule has 1 atom stereocenters. The number of anilines is 1. The molecule has 1 unspecified atom stereocenters. The van der Waals surface area contributed by atoms with E-state index in [1.807, 2.05) is 56.4 Å². The second-order valence-electron chi connectivity index (χ2n) is 7.21. The predicted octanol–water partition coefficient (Wildman–Crippen LogP) is 3.54. The smallest absolute Gasteiger partial charge is 0.193 e. The molecule has 5 nitrogen and oxygen atoms in total. The number of hydrogen-bond acceptors (Lipinski definition) is 3. The first-order valence-corrected chi connectivity index (χ1v) is 9.38. The van der Waals surface area contributed by atoms with Crippen LogP contribution >= 0.6 is 24.0 Å². The Morgan fingerprint density at radius 1 is 1.25 bits per heavy atom. The van der Waals surface area contributed by atoms with Crippen molar-refractivity contribution in [2.45, 2.75) is 19.4 Å². The number of rotatable bonds is 5. The predicted molar refractivity (Wildman–Crippen MR) is 124 cm³/mol. The fourth-order valence-corrected chi connectivity index (χ4v) is 3.46. The minimum Gasteiger partial charge on any atom is -0.363 e. The lowest BCUT2D eigenvalue weighted by atomic mass is 9.99. The molecule has 2 aromatic rings. The van der Waals surface area contributed by atoms with Crippen molar-refractivity contribution in [2.24, 2.45) is 10.9 Å². The average molecular weight is 497 g/mol. The second-order valence-corrected chi connectivity index (χ2v) is 7.21. The van der Waals surface area contributed by atoms with E-state index in [1.165, 1.54) is 17.7 Å². The summed E-state index contributed by atoms with van der Waals surface area (Å²) in [5.74, 6) is 2.24. The molecule has 2 heterocycles. The Balaban J connectivity index is 0.00000280. The van der Waals surface area contributed by atoms with Gasteiger partial charge in [-0.1, -0.05) is 18.2 Å². The summed E-state index contributed by atoms with van der Waals surface area (Å²) in [6.07, 6.45) is 2.09. The van der Waals surface area contributed by atoms with Crippen molar-refractivity contribution in [2.75, 3.05) is 39.1 Å². The van der Waals surface area contributed by atoms with E-state index in [-0.39, 0.29) is 29.8 Å². The van der Waals surface area contributed by atoms with Gasteiger partial charge in [0.05, 0.1) is 12.2 Å². The molecule has 1 fully saturated rings. The minimum atomic E-state index is -0.177. The summed E-state index contributed by atoms with van der Waals surface area (Å²) in [5, 5.41) is 3.43. The van der Waals surface area contributed by atoms with Crippen LogP contribution in [0.1, 0.15) is 17.7 Å². The second kappa shape index (κ2) is 10.6. The third-order valence-electron chi connectivity index (χ3n) is 4.91. The Bertz CT molecular complexity index is 779. The highest BCUT2D eigenvalue weighted by molar-refractivity contribution is 14.0. The van der Waals surface area contributed by atoms with Gasteiger partial charge in [0, 0.05) is 34.2 Å². The third-order valence-corrected chi connectivity index (χ3v) is 4.91. The molecule has 1 saturated heterocycles. The van der Waals surface area contributed by atoms with E-state index in [0.717, 1.165) is 43.4 Å². The van der Waals surface area contributed by atoms with Gasteiger partial charge in [0.1, 0.15) is 11.6 Å². The number of halogens is 2. The number of benzene rings is 1. The highest BCUT2D eigenvalue weighted by atomic mass is 127.